The molecule has 0 aliphatic heterocycles. The van der Waals surface area contributed by atoms with Crippen molar-refractivity contribution in [3.8, 4) is 0 Å². The molecule has 2 aliphatic rings. The monoisotopic (exact) mass is 228 g/mol. The van der Waals surface area contributed by atoms with E-state index < -0.39 is 0 Å². The molecule has 0 bridgehead atoms. The summed E-state index contributed by atoms with van der Waals surface area (Å²) < 4.78 is 0. The molecule has 0 saturated heterocycles. The molecule has 0 amide bonds. The molecule has 2 aliphatic carbocycles. The predicted molar refractivity (Wildman–Crippen MR) is 78.0 cm³/mol. The van der Waals surface area contributed by atoms with Crippen LogP contribution in [-0.4, -0.2) is 0 Å². The first-order valence-electron chi connectivity index (χ1n) is 6.75. The number of allylic oxidation sites excluding steroid dienone is 9. The van der Waals surface area contributed by atoms with Crippen molar-refractivity contribution in [3.05, 3.63) is 59.3 Å². The van der Waals surface area contributed by atoms with Crippen LogP contribution < -0.4 is 0 Å². The van der Waals surface area contributed by atoms with E-state index in [9.17, 15) is 0 Å². The zero-order chi connectivity index (χ0) is 12.7. The van der Waals surface area contributed by atoms with Crippen LogP contribution in [0.25, 0.3) is 0 Å². The Hall–Kier alpha value is -1.30. The molecule has 0 spiro atoms. The molecule has 0 atom stereocenters. The van der Waals surface area contributed by atoms with Crippen LogP contribution in [0.15, 0.2) is 59.3 Å². The van der Waals surface area contributed by atoms with E-state index in [1.54, 1.807) is 5.57 Å². The average molecular weight is 228 g/mol. The van der Waals surface area contributed by atoms with E-state index >= 15 is 0 Å². The fraction of sp³-hybridized carbons (Fsp3) is 0.412. The summed E-state index contributed by atoms with van der Waals surface area (Å²) in [7, 11) is 0. The normalized spacial score (nSPS) is 19.0. The summed E-state index contributed by atoms with van der Waals surface area (Å²) in [6, 6.07) is 0. The lowest BCUT2D eigenvalue weighted by Crippen LogP contribution is -2.04. The molecule has 0 heterocycles. The van der Waals surface area contributed by atoms with Gasteiger partial charge in [0.25, 0.3) is 0 Å². The first-order chi connectivity index (χ1) is 8.36. The van der Waals surface area contributed by atoms with Crippen LogP contribution in [0, 0.1) is 0 Å². The van der Waals surface area contributed by atoms with Crippen LogP contribution in [0.1, 0.15) is 46.5 Å². The standard InChI is InChI=1S/C15H18.C2H6/c1-3-12(4-2)14-11-7-9-13-8-5-6-10-15(13)14;1-2/h3-5,8-9H,1,6-7,10-11H2,2H3;1-2H3/b12-4+;. The van der Waals surface area contributed by atoms with Gasteiger partial charge >= 0.3 is 0 Å². The summed E-state index contributed by atoms with van der Waals surface area (Å²) in [6.45, 7) is 10.0. The zero-order valence-corrected chi connectivity index (χ0v) is 11.4. The van der Waals surface area contributed by atoms with E-state index in [2.05, 4.69) is 37.8 Å². The molecular weight excluding hydrogens is 204 g/mol. The van der Waals surface area contributed by atoms with Gasteiger partial charge < -0.3 is 0 Å². The Labute approximate surface area is 106 Å². The maximum atomic E-state index is 3.90. The number of hydrogen-bond donors (Lipinski definition) is 0. The van der Waals surface area contributed by atoms with Crippen LogP contribution in [-0.2, 0) is 0 Å². The molecule has 0 unspecified atom stereocenters. The second kappa shape index (κ2) is 7.11. The number of fused-ring (bicyclic) bond motifs is 1. The van der Waals surface area contributed by atoms with Crippen molar-refractivity contribution in [1.82, 2.24) is 0 Å². The average Bonchev–Trinajstić information content (AvgIpc) is 2.43. The third-order valence-electron chi connectivity index (χ3n) is 3.21. The molecule has 0 aromatic carbocycles. The highest BCUT2D eigenvalue weighted by Gasteiger charge is 2.17. The molecule has 0 aromatic heterocycles. The lowest BCUT2D eigenvalue weighted by Gasteiger charge is -2.23. The Morgan fingerprint density at radius 2 is 2.00 bits per heavy atom. The van der Waals surface area contributed by atoms with Gasteiger partial charge in [-0.05, 0) is 54.9 Å². The van der Waals surface area contributed by atoms with Gasteiger partial charge in [0.2, 0.25) is 0 Å². The van der Waals surface area contributed by atoms with E-state index in [-0.39, 0.29) is 0 Å². The van der Waals surface area contributed by atoms with E-state index in [1.807, 2.05) is 19.9 Å². The van der Waals surface area contributed by atoms with Crippen LogP contribution in [0.3, 0.4) is 0 Å². The predicted octanol–water partition coefficient (Wildman–Crippen LogP) is 5.51. The maximum Gasteiger partial charge on any atom is -0.0235 e. The van der Waals surface area contributed by atoms with Gasteiger partial charge in [0, 0.05) is 0 Å². The van der Waals surface area contributed by atoms with Crippen molar-refractivity contribution < 1.29 is 0 Å². The molecule has 0 N–H and O–H groups in total. The van der Waals surface area contributed by atoms with E-state index in [0.29, 0.717) is 0 Å². The summed E-state index contributed by atoms with van der Waals surface area (Å²) in [5.74, 6) is 0. The van der Waals surface area contributed by atoms with Gasteiger partial charge in [-0.1, -0.05) is 50.8 Å². The van der Waals surface area contributed by atoms with E-state index in [4.69, 9.17) is 0 Å². The van der Waals surface area contributed by atoms with E-state index in [1.165, 1.54) is 42.4 Å². The second-order valence-corrected chi connectivity index (χ2v) is 4.04. The lowest BCUT2D eigenvalue weighted by molar-refractivity contribution is 0.868. The van der Waals surface area contributed by atoms with Crippen LogP contribution in [0.2, 0.25) is 0 Å². The third-order valence-corrected chi connectivity index (χ3v) is 3.21. The minimum absolute atomic E-state index is 1.17. The van der Waals surface area contributed by atoms with Gasteiger partial charge in [-0.2, -0.15) is 0 Å². The van der Waals surface area contributed by atoms with Gasteiger partial charge in [0.05, 0.1) is 0 Å². The highest BCUT2D eigenvalue weighted by Crippen LogP contribution is 2.36. The first kappa shape index (κ1) is 13.8. The minimum Gasteiger partial charge on any atom is -0.0985 e. The highest BCUT2D eigenvalue weighted by molar-refractivity contribution is 5.55. The molecule has 0 aromatic rings. The van der Waals surface area contributed by atoms with Crippen molar-refractivity contribution in [3.63, 3.8) is 0 Å². The van der Waals surface area contributed by atoms with Crippen molar-refractivity contribution in [1.29, 1.82) is 0 Å². The van der Waals surface area contributed by atoms with Crippen LogP contribution >= 0.6 is 0 Å². The largest absolute Gasteiger partial charge is 0.0985 e. The highest BCUT2D eigenvalue weighted by atomic mass is 14.2. The fourth-order valence-electron chi connectivity index (χ4n) is 2.46. The van der Waals surface area contributed by atoms with Crippen molar-refractivity contribution in [2.24, 2.45) is 0 Å². The molecular formula is C17H24. The van der Waals surface area contributed by atoms with Crippen molar-refractivity contribution >= 4 is 0 Å². The Morgan fingerprint density at radius 3 is 2.65 bits per heavy atom. The summed E-state index contributed by atoms with van der Waals surface area (Å²) in [4.78, 5) is 0. The van der Waals surface area contributed by atoms with Crippen LogP contribution in [0.5, 0.6) is 0 Å². The van der Waals surface area contributed by atoms with Crippen molar-refractivity contribution in [2.45, 2.75) is 46.5 Å². The summed E-state index contributed by atoms with van der Waals surface area (Å²) in [5, 5.41) is 0. The SMILES string of the molecule is C=C/C(=C\C)C1=C2CCC=CC2=CCC1.CC. The minimum atomic E-state index is 1.17. The Morgan fingerprint density at radius 1 is 1.24 bits per heavy atom. The molecule has 0 saturated carbocycles. The summed E-state index contributed by atoms with van der Waals surface area (Å²) in [6.07, 6.45) is 15.8. The maximum absolute atomic E-state index is 3.90. The Bertz CT molecular complexity index is 386. The van der Waals surface area contributed by atoms with Gasteiger partial charge in [-0.25, -0.2) is 0 Å². The van der Waals surface area contributed by atoms with Gasteiger partial charge in [-0.3, -0.25) is 0 Å². The van der Waals surface area contributed by atoms with Crippen LogP contribution in [0.4, 0.5) is 0 Å². The van der Waals surface area contributed by atoms with Crippen molar-refractivity contribution in [2.75, 3.05) is 0 Å². The summed E-state index contributed by atoms with van der Waals surface area (Å²) in [5.41, 5.74) is 5.85. The zero-order valence-electron chi connectivity index (χ0n) is 11.4. The quantitative estimate of drug-likeness (QED) is 0.546. The number of hydrogen-bond acceptors (Lipinski definition) is 0. The number of rotatable bonds is 2. The topological polar surface area (TPSA) is 0 Å². The smallest absolute Gasteiger partial charge is 0.0235 e. The fourth-order valence-corrected chi connectivity index (χ4v) is 2.46. The summed E-state index contributed by atoms with van der Waals surface area (Å²) >= 11 is 0. The Kier molecular flexibility index (Phi) is 5.76. The molecule has 0 fully saturated rings. The molecule has 17 heavy (non-hydrogen) atoms. The molecule has 0 radical (unpaired) electrons. The third kappa shape index (κ3) is 3.09. The van der Waals surface area contributed by atoms with Gasteiger partial charge in [0.15, 0.2) is 0 Å². The molecule has 0 nitrogen and oxygen atoms in total. The lowest BCUT2D eigenvalue weighted by atomic mass is 9.82. The second-order valence-electron chi connectivity index (χ2n) is 4.04. The van der Waals surface area contributed by atoms with Gasteiger partial charge in [-0.15, -0.1) is 0 Å². The van der Waals surface area contributed by atoms with E-state index in [0.717, 1.165) is 0 Å². The first-order valence-corrected chi connectivity index (χ1v) is 6.75. The Balaban J connectivity index is 0.000000686. The molecule has 92 valence electrons. The van der Waals surface area contributed by atoms with Gasteiger partial charge in [0.1, 0.15) is 0 Å². The molecule has 2 rings (SSSR count). The molecule has 0 heteroatoms.